The highest BCUT2D eigenvalue weighted by Crippen LogP contribution is 2.28. The van der Waals surface area contributed by atoms with Gasteiger partial charge in [0.05, 0.1) is 13.7 Å². The molecule has 134 valence electrons. The first kappa shape index (κ1) is 18.9. The van der Waals surface area contributed by atoms with Crippen LogP contribution in [-0.2, 0) is 4.79 Å². The number of benzene rings is 2. The van der Waals surface area contributed by atoms with E-state index in [-0.39, 0.29) is 12.5 Å². The molecule has 0 saturated carbocycles. The molecule has 2 aromatic carbocycles. The van der Waals surface area contributed by atoms with Gasteiger partial charge in [0.25, 0.3) is 0 Å². The summed E-state index contributed by atoms with van der Waals surface area (Å²) in [6.45, 7) is 2.45. The molecule has 0 bridgehead atoms. The first-order chi connectivity index (χ1) is 12.7. The molecule has 0 aliphatic heterocycles. The average Bonchev–Trinajstić information content (AvgIpc) is 2.66. The summed E-state index contributed by atoms with van der Waals surface area (Å²) in [6, 6.07) is 14.3. The summed E-state index contributed by atoms with van der Waals surface area (Å²) >= 11 is 0. The summed E-state index contributed by atoms with van der Waals surface area (Å²) in [5, 5.41) is 11.4. The van der Waals surface area contributed by atoms with Crippen molar-refractivity contribution >= 4 is 17.7 Å². The number of ether oxygens (including phenoxy) is 3. The van der Waals surface area contributed by atoms with Gasteiger partial charge in [-0.15, -0.1) is 0 Å². The normalized spacial score (nSPS) is 10.2. The lowest BCUT2D eigenvalue weighted by molar-refractivity contribution is -0.111. The van der Waals surface area contributed by atoms with Crippen molar-refractivity contribution in [1.82, 2.24) is 0 Å². The molecule has 0 atom stereocenters. The zero-order valence-corrected chi connectivity index (χ0v) is 14.7. The van der Waals surface area contributed by atoms with E-state index in [9.17, 15) is 4.79 Å². The molecule has 1 amide bonds. The third kappa shape index (κ3) is 5.56. The molecule has 0 radical (unpaired) electrons. The third-order valence-electron chi connectivity index (χ3n) is 3.34. The fraction of sp³-hybridized carbons (Fsp3) is 0.200. The van der Waals surface area contributed by atoms with Crippen LogP contribution in [0.2, 0.25) is 0 Å². The second kappa shape index (κ2) is 9.74. The zero-order valence-electron chi connectivity index (χ0n) is 14.7. The van der Waals surface area contributed by atoms with E-state index in [1.165, 1.54) is 13.2 Å². The van der Waals surface area contributed by atoms with Crippen LogP contribution in [-0.4, -0.2) is 26.2 Å². The van der Waals surface area contributed by atoms with Crippen molar-refractivity contribution < 1.29 is 19.0 Å². The first-order valence-electron chi connectivity index (χ1n) is 8.06. The van der Waals surface area contributed by atoms with Gasteiger partial charge in [-0.2, -0.15) is 5.26 Å². The third-order valence-corrected chi connectivity index (χ3v) is 3.34. The van der Waals surface area contributed by atoms with Crippen LogP contribution in [0.25, 0.3) is 6.08 Å². The number of nitriles is 1. The van der Waals surface area contributed by atoms with Gasteiger partial charge in [0.1, 0.15) is 11.8 Å². The molecule has 0 aromatic heterocycles. The highest BCUT2D eigenvalue weighted by molar-refractivity contribution is 6.01. The van der Waals surface area contributed by atoms with E-state index in [1.807, 2.05) is 13.0 Å². The van der Waals surface area contributed by atoms with Crippen molar-refractivity contribution in [2.75, 3.05) is 25.6 Å². The fourth-order valence-corrected chi connectivity index (χ4v) is 2.17. The van der Waals surface area contributed by atoms with Gasteiger partial charge in [0, 0.05) is 11.8 Å². The minimum Gasteiger partial charge on any atom is -0.494 e. The van der Waals surface area contributed by atoms with Gasteiger partial charge in [-0.3, -0.25) is 4.79 Å². The summed E-state index contributed by atoms with van der Waals surface area (Å²) in [6.07, 6.45) is 3.10. The number of rotatable bonds is 8. The van der Waals surface area contributed by atoms with Crippen LogP contribution in [0.15, 0.2) is 48.5 Å². The largest absolute Gasteiger partial charge is 0.494 e. The van der Waals surface area contributed by atoms with Gasteiger partial charge in [-0.1, -0.05) is 6.07 Å². The summed E-state index contributed by atoms with van der Waals surface area (Å²) in [4.78, 5) is 12.0. The standard InChI is InChI=1S/C20H20N2O4/c1-3-25-17-8-6-16(7-9-17)22-20(23)11-5-15-4-10-18(26-13-12-21)19(14-15)24-2/h4-11,14H,3,13H2,1-2H3,(H,22,23)/b11-5+. The van der Waals surface area contributed by atoms with Crippen molar-refractivity contribution in [1.29, 1.82) is 5.26 Å². The fourth-order valence-electron chi connectivity index (χ4n) is 2.17. The van der Waals surface area contributed by atoms with Crippen LogP contribution in [0, 0.1) is 11.3 Å². The minimum absolute atomic E-state index is 0.0595. The van der Waals surface area contributed by atoms with Crippen molar-refractivity contribution in [3.63, 3.8) is 0 Å². The Balaban J connectivity index is 1.99. The topological polar surface area (TPSA) is 80.6 Å². The molecular formula is C20H20N2O4. The number of carbonyl (C=O) groups is 1. The first-order valence-corrected chi connectivity index (χ1v) is 8.06. The number of nitrogens with zero attached hydrogens (tertiary/aromatic N) is 1. The number of amides is 1. The summed E-state index contributed by atoms with van der Waals surface area (Å²) in [5.74, 6) is 1.48. The lowest BCUT2D eigenvalue weighted by atomic mass is 10.2. The maximum Gasteiger partial charge on any atom is 0.248 e. The molecule has 6 nitrogen and oxygen atoms in total. The SMILES string of the molecule is CCOc1ccc(NC(=O)/C=C/c2ccc(OCC#N)c(OC)c2)cc1. The molecular weight excluding hydrogens is 332 g/mol. The van der Waals surface area contributed by atoms with Crippen LogP contribution in [0.3, 0.4) is 0 Å². The molecule has 0 spiro atoms. The lowest BCUT2D eigenvalue weighted by Gasteiger charge is -2.08. The van der Waals surface area contributed by atoms with Crippen LogP contribution in [0.5, 0.6) is 17.2 Å². The number of carbonyl (C=O) groups excluding carboxylic acids is 1. The Kier molecular flexibility index (Phi) is 7.07. The van der Waals surface area contributed by atoms with Crippen LogP contribution < -0.4 is 19.5 Å². The summed E-state index contributed by atoms with van der Waals surface area (Å²) < 4.78 is 15.9. The number of hydrogen-bond donors (Lipinski definition) is 1. The van der Waals surface area contributed by atoms with E-state index in [0.717, 1.165) is 11.3 Å². The molecule has 0 saturated heterocycles. The number of nitrogens with one attached hydrogen (secondary N) is 1. The van der Waals surface area contributed by atoms with E-state index >= 15 is 0 Å². The Morgan fingerprint density at radius 1 is 1.15 bits per heavy atom. The van der Waals surface area contributed by atoms with E-state index in [2.05, 4.69) is 5.32 Å². The molecule has 2 rings (SSSR count). The molecule has 0 fully saturated rings. The van der Waals surface area contributed by atoms with Crippen molar-refractivity contribution in [3.8, 4) is 23.3 Å². The monoisotopic (exact) mass is 352 g/mol. The molecule has 0 heterocycles. The van der Waals surface area contributed by atoms with Gasteiger partial charge in [0.2, 0.25) is 5.91 Å². The Labute approximate surface area is 152 Å². The van der Waals surface area contributed by atoms with Crippen molar-refractivity contribution in [2.45, 2.75) is 6.92 Å². The Morgan fingerprint density at radius 3 is 2.58 bits per heavy atom. The molecule has 6 heteroatoms. The van der Waals surface area contributed by atoms with Gasteiger partial charge >= 0.3 is 0 Å². The predicted octanol–water partition coefficient (Wildman–Crippen LogP) is 3.65. The zero-order chi connectivity index (χ0) is 18.8. The predicted molar refractivity (Wildman–Crippen MR) is 99.4 cm³/mol. The molecule has 0 aliphatic carbocycles. The quantitative estimate of drug-likeness (QED) is 0.734. The van der Waals surface area contributed by atoms with Gasteiger partial charge < -0.3 is 19.5 Å². The second-order valence-electron chi connectivity index (χ2n) is 5.14. The smallest absolute Gasteiger partial charge is 0.248 e. The second-order valence-corrected chi connectivity index (χ2v) is 5.14. The molecule has 26 heavy (non-hydrogen) atoms. The molecule has 1 N–H and O–H groups in total. The Morgan fingerprint density at radius 2 is 1.92 bits per heavy atom. The van der Waals surface area contributed by atoms with Crippen LogP contribution in [0.4, 0.5) is 5.69 Å². The summed E-state index contributed by atoms with van der Waals surface area (Å²) in [5.41, 5.74) is 1.45. The van der Waals surface area contributed by atoms with E-state index < -0.39 is 0 Å². The number of anilines is 1. The van der Waals surface area contributed by atoms with Crippen molar-refractivity contribution in [3.05, 3.63) is 54.1 Å². The van der Waals surface area contributed by atoms with Gasteiger partial charge in [-0.25, -0.2) is 0 Å². The van der Waals surface area contributed by atoms with E-state index in [4.69, 9.17) is 19.5 Å². The van der Waals surface area contributed by atoms with E-state index in [1.54, 1.807) is 48.5 Å². The van der Waals surface area contributed by atoms with Gasteiger partial charge in [0.15, 0.2) is 18.1 Å². The minimum atomic E-state index is -0.252. The van der Waals surface area contributed by atoms with Crippen molar-refractivity contribution in [2.24, 2.45) is 0 Å². The van der Waals surface area contributed by atoms with Crippen LogP contribution >= 0.6 is 0 Å². The van der Waals surface area contributed by atoms with Crippen LogP contribution in [0.1, 0.15) is 12.5 Å². The Hall–Kier alpha value is -3.46. The Bertz CT molecular complexity index is 808. The maximum atomic E-state index is 12.0. The number of methoxy groups -OCH3 is 1. The molecule has 0 unspecified atom stereocenters. The average molecular weight is 352 g/mol. The lowest BCUT2D eigenvalue weighted by Crippen LogP contribution is -2.07. The summed E-state index contributed by atoms with van der Waals surface area (Å²) in [7, 11) is 1.51. The van der Waals surface area contributed by atoms with E-state index in [0.29, 0.717) is 23.8 Å². The number of hydrogen-bond acceptors (Lipinski definition) is 5. The maximum absolute atomic E-state index is 12.0. The molecule has 2 aromatic rings. The highest BCUT2D eigenvalue weighted by atomic mass is 16.5. The van der Waals surface area contributed by atoms with Gasteiger partial charge in [-0.05, 0) is 55.0 Å². The molecule has 0 aliphatic rings. The highest BCUT2D eigenvalue weighted by Gasteiger charge is 2.05.